The van der Waals surface area contributed by atoms with Crippen molar-refractivity contribution in [3.8, 4) is 11.5 Å². The first kappa shape index (κ1) is 28.1. The number of rotatable bonds is 5. The van der Waals surface area contributed by atoms with E-state index in [0.29, 0.717) is 30.3 Å². The van der Waals surface area contributed by atoms with Gasteiger partial charge < -0.3 is 14.6 Å². The summed E-state index contributed by atoms with van der Waals surface area (Å²) in [7, 11) is -3.65. The molecule has 0 unspecified atom stereocenters. The van der Waals surface area contributed by atoms with E-state index < -0.39 is 27.6 Å². The van der Waals surface area contributed by atoms with Gasteiger partial charge in [-0.15, -0.1) is 0 Å². The third-order valence-electron chi connectivity index (χ3n) is 6.61. The van der Waals surface area contributed by atoms with Crippen LogP contribution in [0, 0.1) is 11.8 Å². The first-order valence-electron chi connectivity index (χ1n) is 12.9. The minimum absolute atomic E-state index is 0.150. The molecular weight excluding hydrogens is 516 g/mol. The van der Waals surface area contributed by atoms with Crippen LogP contribution in [-0.2, 0) is 38.0 Å². The van der Waals surface area contributed by atoms with Gasteiger partial charge in [0.1, 0.15) is 30.5 Å². The number of carboxylic acids is 1. The monoisotopic (exact) mass is 548 g/mol. The summed E-state index contributed by atoms with van der Waals surface area (Å²) in [6.45, 7) is 0.722. The predicted octanol–water partition coefficient (Wildman–Crippen LogP) is 4.69. The standard InChI is InChI=1S/C31H32O7S/c32-30-20-26(31(33)34)18-23-8-12-28(13-9-23)37-16-4-5-17-38-29-14-10-24(11-15-29)19-27(30)22-39(35,36)21-25-6-2-1-3-7-25/h1-15,26-27H,16-22H2,(H,33,34)/b5-4-/t26-,27+/m1/s1. The number of ketones is 1. The highest BCUT2D eigenvalue weighted by atomic mass is 32.2. The minimum Gasteiger partial charge on any atom is -0.490 e. The first-order chi connectivity index (χ1) is 18.8. The van der Waals surface area contributed by atoms with Gasteiger partial charge >= 0.3 is 5.97 Å². The zero-order valence-corrected chi connectivity index (χ0v) is 22.4. The van der Waals surface area contributed by atoms with Crippen molar-refractivity contribution in [1.29, 1.82) is 0 Å². The molecule has 2 atom stereocenters. The van der Waals surface area contributed by atoms with Crippen LogP contribution in [0.4, 0.5) is 0 Å². The maximum atomic E-state index is 13.5. The molecule has 4 heterocycles. The fourth-order valence-electron chi connectivity index (χ4n) is 4.55. The summed E-state index contributed by atoms with van der Waals surface area (Å²) in [6, 6.07) is 23.1. The Morgan fingerprint density at radius 2 is 1.31 bits per heavy atom. The third kappa shape index (κ3) is 8.82. The number of carbonyl (C=O) groups is 2. The summed E-state index contributed by atoms with van der Waals surface area (Å²) >= 11 is 0. The predicted molar refractivity (Wildman–Crippen MR) is 149 cm³/mol. The van der Waals surface area contributed by atoms with Crippen molar-refractivity contribution in [1.82, 2.24) is 0 Å². The zero-order valence-electron chi connectivity index (χ0n) is 21.6. The Labute approximate surface area is 229 Å². The van der Waals surface area contributed by atoms with E-state index in [9.17, 15) is 23.1 Å². The molecule has 0 fully saturated rings. The van der Waals surface area contributed by atoms with E-state index in [4.69, 9.17) is 9.47 Å². The van der Waals surface area contributed by atoms with Crippen molar-refractivity contribution >= 4 is 21.6 Å². The van der Waals surface area contributed by atoms with Crippen molar-refractivity contribution in [2.24, 2.45) is 11.8 Å². The fourth-order valence-corrected chi connectivity index (χ4v) is 6.29. The Bertz CT molecular complexity index is 1380. The second-order valence-electron chi connectivity index (χ2n) is 9.73. The quantitative estimate of drug-likeness (QED) is 0.461. The molecule has 0 amide bonds. The lowest BCUT2D eigenvalue weighted by Gasteiger charge is -2.19. The van der Waals surface area contributed by atoms with Crippen LogP contribution in [0.15, 0.2) is 91.0 Å². The molecular formula is C31H32O7S. The normalized spacial score (nSPS) is 19.5. The van der Waals surface area contributed by atoms with Crippen LogP contribution in [0.25, 0.3) is 0 Å². The lowest BCUT2D eigenvalue weighted by molar-refractivity contribution is -0.144. The van der Waals surface area contributed by atoms with E-state index in [1.54, 1.807) is 72.8 Å². The van der Waals surface area contributed by atoms with E-state index in [1.807, 2.05) is 18.2 Å². The first-order valence-corrected chi connectivity index (χ1v) is 14.7. The Morgan fingerprint density at radius 1 is 0.769 bits per heavy atom. The van der Waals surface area contributed by atoms with E-state index >= 15 is 0 Å². The summed E-state index contributed by atoms with van der Waals surface area (Å²) in [4.78, 5) is 25.6. The lowest BCUT2D eigenvalue weighted by atomic mass is 9.88. The van der Waals surface area contributed by atoms with Crippen molar-refractivity contribution in [2.45, 2.75) is 25.0 Å². The van der Waals surface area contributed by atoms with Gasteiger partial charge in [-0.25, -0.2) is 8.42 Å². The summed E-state index contributed by atoms with van der Waals surface area (Å²) < 4.78 is 37.7. The second kappa shape index (κ2) is 13.2. The molecule has 0 radical (unpaired) electrons. The zero-order chi connectivity index (χ0) is 27.7. The summed E-state index contributed by atoms with van der Waals surface area (Å²) in [6.07, 6.45) is 3.78. The number of carboxylic acid groups (broad SMARTS) is 1. The molecule has 204 valence electrons. The lowest BCUT2D eigenvalue weighted by Crippen LogP contribution is -2.30. The molecule has 0 saturated carbocycles. The Balaban J connectivity index is 1.61. The van der Waals surface area contributed by atoms with E-state index in [2.05, 4.69) is 0 Å². The molecule has 4 aliphatic rings. The Kier molecular flexibility index (Phi) is 9.54. The molecule has 4 aliphatic heterocycles. The molecule has 0 saturated heterocycles. The van der Waals surface area contributed by atoms with Crippen LogP contribution in [0.3, 0.4) is 0 Å². The van der Waals surface area contributed by atoms with Crippen LogP contribution >= 0.6 is 0 Å². The molecule has 0 spiro atoms. The van der Waals surface area contributed by atoms with Gasteiger partial charge in [0.2, 0.25) is 0 Å². The van der Waals surface area contributed by atoms with Crippen molar-refractivity contribution in [3.05, 3.63) is 108 Å². The third-order valence-corrected chi connectivity index (χ3v) is 8.29. The average molecular weight is 549 g/mol. The van der Waals surface area contributed by atoms with Crippen LogP contribution in [0.2, 0.25) is 0 Å². The highest BCUT2D eigenvalue weighted by Crippen LogP contribution is 2.23. The number of ether oxygens (including phenoxy) is 2. The largest absolute Gasteiger partial charge is 0.490 e. The van der Waals surface area contributed by atoms with Gasteiger partial charge in [0.25, 0.3) is 0 Å². The summed E-state index contributed by atoms with van der Waals surface area (Å²) in [5.74, 6) is -2.59. The minimum atomic E-state index is -3.65. The van der Waals surface area contributed by atoms with Crippen molar-refractivity contribution < 1.29 is 32.6 Å². The summed E-state index contributed by atoms with van der Waals surface area (Å²) in [5, 5.41) is 9.90. The number of hydrogen-bond acceptors (Lipinski definition) is 6. The van der Waals surface area contributed by atoms with Crippen LogP contribution < -0.4 is 9.47 Å². The second-order valence-corrected chi connectivity index (χ2v) is 11.8. The molecule has 7 nitrogen and oxygen atoms in total. The maximum absolute atomic E-state index is 13.5. The van der Waals surface area contributed by atoms with Gasteiger partial charge in [-0.3, -0.25) is 9.59 Å². The van der Waals surface area contributed by atoms with Crippen LogP contribution in [0.5, 0.6) is 11.5 Å². The number of hydrogen-bond donors (Lipinski definition) is 1. The molecule has 0 aromatic heterocycles. The molecule has 7 rings (SSSR count). The SMILES string of the molecule is O=C(O)[C@H]1CC(=O)[C@H](CS(=O)(=O)Cc2ccccc2)Cc2ccc(cc2)OC/C=C\COc2ccc(cc2)C1. The number of benzene rings is 3. The molecule has 0 aliphatic carbocycles. The average Bonchev–Trinajstić information content (AvgIpc) is 2.91. The van der Waals surface area contributed by atoms with Crippen molar-refractivity contribution in [2.75, 3.05) is 19.0 Å². The molecule has 1 N–H and O–H groups in total. The molecule has 8 heteroatoms. The maximum Gasteiger partial charge on any atom is 0.307 e. The highest BCUT2D eigenvalue weighted by Gasteiger charge is 2.30. The number of Topliss-reactive ketones (excluding diaryl/α,β-unsaturated/α-hetero) is 1. The van der Waals surface area contributed by atoms with Gasteiger partial charge in [0.05, 0.1) is 17.4 Å². The van der Waals surface area contributed by atoms with Crippen molar-refractivity contribution in [3.63, 3.8) is 0 Å². The van der Waals surface area contributed by atoms with E-state index in [-0.39, 0.29) is 36.6 Å². The molecule has 3 aromatic carbocycles. The van der Waals surface area contributed by atoms with Gasteiger partial charge in [0, 0.05) is 12.3 Å². The van der Waals surface area contributed by atoms with Gasteiger partial charge in [-0.1, -0.05) is 54.6 Å². The van der Waals surface area contributed by atoms with Gasteiger partial charge in [-0.05, 0) is 65.9 Å². The fraction of sp³-hybridized carbons (Fsp3) is 0.290. The van der Waals surface area contributed by atoms with Crippen LogP contribution in [0.1, 0.15) is 23.1 Å². The Hall–Kier alpha value is -3.91. The molecule has 3 aromatic rings. The van der Waals surface area contributed by atoms with Crippen LogP contribution in [-0.4, -0.2) is 44.2 Å². The van der Waals surface area contributed by atoms with Gasteiger partial charge in [0.15, 0.2) is 9.84 Å². The topological polar surface area (TPSA) is 107 Å². The summed E-state index contributed by atoms with van der Waals surface area (Å²) in [5.41, 5.74) is 2.17. The number of aliphatic carboxylic acids is 1. The molecule has 4 bridgehead atoms. The van der Waals surface area contributed by atoms with Gasteiger partial charge in [-0.2, -0.15) is 0 Å². The van der Waals surface area contributed by atoms with E-state index in [0.717, 1.165) is 11.1 Å². The number of sulfone groups is 1. The highest BCUT2D eigenvalue weighted by molar-refractivity contribution is 7.90. The van der Waals surface area contributed by atoms with E-state index in [1.165, 1.54) is 0 Å². The Morgan fingerprint density at radius 3 is 1.85 bits per heavy atom. The molecule has 39 heavy (non-hydrogen) atoms. The number of carbonyl (C=O) groups excluding carboxylic acids is 1. The smallest absolute Gasteiger partial charge is 0.307 e.